The highest BCUT2D eigenvalue weighted by molar-refractivity contribution is 5.96. The number of carbonyl (C=O) groups excluding carboxylic acids is 3. The van der Waals surface area contributed by atoms with Gasteiger partial charge in [0.05, 0.1) is 6.61 Å². The number of Topliss-reactive ketones (excluding diaryl/α,β-unsaturated/α-hetero) is 1. The molecule has 0 N–H and O–H groups in total. The van der Waals surface area contributed by atoms with Gasteiger partial charge in [0.25, 0.3) is 0 Å². The van der Waals surface area contributed by atoms with Gasteiger partial charge in [-0.3, -0.25) is 14.4 Å². The van der Waals surface area contributed by atoms with E-state index in [4.69, 9.17) is 0 Å². The molecule has 14 heavy (non-hydrogen) atoms. The maximum atomic E-state index is 10.9. The van der Waals surface area contributed by atoms with Crippen LogP contribution in [0.5, 0.6) is 0 Å². The second kappa shape index (κ2) is 7.06. The smallest absolute Gasteiger partial charge is 0.313 e. The van der Waals surface area contributed by atoms with Gasteiger partial charge in [-0.1, -0.05) is 6.92 Å². The van der Waals surface area contributed by atoms with Gasteiger partial charge in [0.1, 0.15) is 6.42 Å². The molecule has 5 nitrogen and oxygen atoms in total. The number of carbonyl (C=O) groups is 3. The fraction of sp³-hybridized carbons (Fsp3) is 0.667. The summed E-state index contributed by atoms with van der Waals surface area (Å²) in [5.74, 6) is -1.58. The van der Waals surface area contributed by atoms with Crippen LogP contribution >= 0.6 is 0 Å². The van der Waals surface area contributed by atoms with E-state index in [0.29, 0.717) is 13.0 Å². The Labute approximate surface area is 82.4 Å². The minimum atomic E-state index is -0.580. The van der Waals surface area contributed by atoms with Crippen molar-refractivity contribution in [3.63, 3.8) is 0 Å². The molecule has 0 unspecified atom stereocenters. The summed E-state index contributed by atoms with van der Waals surface area (Å²) >= 11 is 0. The summed E-state index contributed by atoms with van der Waals surface area (Å²) in [6.07, 6.45) is 0.372. The summed E-state index contributed by atoms with van der Waals surface area (Å²) in [4.78, 5) is 32.1. The molecule has 0 spiro atoms. The first-order valence-electron chi connectivity index (χ1n) is 4.37. The molecule has 0 radical (unpaired) electrons. The van der Waals surface area contributed by atoms with Crippen molar-refractivity contribution in [2.45, 2.75) is 26.7 Å². The minimum absolute atomic E-state index is 0.305. The molecule has 0 bridgehead atoms. The Morgan fingerprint density at radius 2 is 1.79 bits per heavy atom. The number of ketones is 1. The Morgan fingerprint density at radius 3 is 2.29 bits per heavy atom. The van der Waals surface area contributed by atoms with Crippen LogP contribution in [-0.4, -0.2) is 30.9 Å². The van der Waals surface area contributed by atoms with Crippen molar-refractivity contribution in [1.29, 1.82) is 0 Å². The van der Waals surface area contributed by atoms with Crippen LogP contribution in [0.3, 0.4) is 0 Å². The lowest BCUT2D eigenvalue weighted by molar-refractivity contribution is -0.151. The maximum absolute atomic E-state index is 10.9. The Bertz CT molecular complexity index is 221. The Hall–Kier alpha value is -1.39. The molecular weight excluding hydrogens is 188 g/mol. The number of rotatable bonds is 6. The van der Waals surface area contributed by atoms with E-state index in [2.05, 4.69) is 9.47 Å². The van der Waals surface area contributed by atoms with E-state index in [1.807, 2.05) is 6.92 Å². The summed E-state index contributed by atoms with van der Waals surface area (Å²) in [6, 6.07) is 0. The molecule has 0 aromatic rings. The van der Waals surface area contributed by atoms with Gasteiger partial charge in [0, 0.05) is 6.92 Å². The average Bonchev–Trinajstić information content (AvgIpc) is 2.11. The van der Waals surface area contributed by atoms with Gasteiger partial charge < -0.3 is 9.47 Å². The zero-order valence-corrected chi connectivity index (χ0v) is 8.37. The lowest BCUT2D eigenvalue weighted by atomic mass is 10.3. The van der Waals surface area contributed by atoms with Crippen LogP contribution < -0.4 is 0 Å². The number of ether oxygens (including phenoxy) is 2. The predicted molar refractivity (Wildman–Crippen MR) is 47.5 cm³/mol. The summed E-state index contributed by atoms with van der Waals surface area (Å²) in [7, 11) is 0. The molecule has 5 heteroatoms. The zero-order chi connectivity index (χ0) is 11.0. The highest BCUT2D eigenvalue weighted by atomic mass is 16.5. The van der Waals surface area contributed by atoms with Crippen LogP contribution in [0.15, 0.2) is 0 Å². The normalized spacial score (nSPS) is 9.29. The number of hydrogen-bond donors (Lipinski definition) is 0. The second-order valence-corrected chi connectivity index (χ2v) is 2.72. The summed E-state index contributed by atoms with van der Waals surface area (Å²) in [6.45, 7) is 2.99. The van der Waals surface area contributed by atoms with E-state index in [9.17, 15) is 14.4 Å². The topological polar surface area (TPSA) is 69.7 Å². The van der Waals surface area contributed by atoms with Gasteiger partial charge in [0.15, 0.2) is 12.4 Å². The number of hydrogen-bond acceptors (Lipinski definition) is 5. The molecule has 0 aromatic carbocycles. The van der Waals surface area contributed by atoms with E-state index < -0.39 is 17.7 Å². The second-order valence-electron chi connectivity index (χ2n) is 2.72. The standard InChI is InChI=1S/C9H14O5/c1-3-4-13-9(12)5-8(11)6-14-7(2)10/h3-6H2,1-2H3. The summed E-state index contributed by atoms with van der Waals surface area (Å²) in [5.41, 5.74) is 0. The fourth-order valence-electron chi connectivity index (χ4n) is 0.661. The van der Waals surface area contributed by atoms with Crippen molar-refractivity contribution in [3.05, 3.63) is 0 Å². The van der Waals surface area contributed by atoms with Gasteiger partial charge in [-0.15, -0.1) is 0 Å². The fourth-order valence-corrected chi connectivity index (χ4v) is 0.661. The van der Waals surface area contributed by atoms with Gasteiger partial charge in [-0.05, 0) is 6.42 Å². The third-order valence-electron chi connectivity index (χ3n) is 1.25. The highest BCUT2D eigenvalue weighted by Gasteiger charge is 2.11. The molecule has 0 rings (SSSR count). The maximum Gasteiger partial charge on any atom is 0.313 e. The van der Waals surface area contributed by atoms with Crippen molar-refractivity contribution in [3.8, 4) is 0 Å². The predicted octanol–water partition coefficient (Wildman–Crippen LogP) is 0.462. The van der Waals surface area contributed by atoms with Crippen LogP contribution in [-0.2, 0) is 23.9 Å². The van der Waals surface area contributed by atoms with E-state index >= 15 is 0 Å². The number of esters is 2. The molecule has 0 saturated carbocycles. The van der Waals surface area contributed by atoms with Crippen LogP contribution in [0.25, 0.3) is 0 Å². The monoisotopic (exact) mass is 202 g/mol. The van der Waals surface area contributed by atoms with Crippen molar-refractivity contribution < 1.29 is 23.9 Å². The Kier molecular flexibility index (Phi) is 6.36. The van der Waals surface area contributed by atoms with Crippen molar-refractivity contribution in [1.82, 2.24) is 0 Å². The first kappa shape index (κ1) is 12.6. The minimum Gasteiger partial charge on any atom is -0.465 e. The average molecular weight is 202 g/mol. The molecule has 80 valence electrons. The molecule has 0 aromatic heterocycles. The van der Waals surface area contributed by atoms with E-state index in [0.717, 1.165) is 0 Å². The molecular formula is C9H14O5. The highest BCUT2D eigenvalue weighted by Crippen LogP contribution is 1.91. The lowest BCUT2D eigenvalue weighted by Crippen LogP contribution is -2.17. The zero-order valence-electron chi connectivity index (χ0n) is 8.37. The SMILES string of the molecule is CCCOC(=O)CC(=O)COC(C)=O. The lowest BCUT2D eigenvalue weighted by Gasteiger charge is -2.02. The van der Waals surface area contributed by atoms with Crippen molar-refractivity contribution in [2.24, 2.45) is 0 Å². The molecule has 0 aliphatic rings. The Morgan fingerprint density at radius 1 is 1.14 bits per heavy atom. The molecule has 0 heterocycles. The molecule has 0 atom stereocenters. The van der Waals surface area contributed by atoms with Gasteiger partial charge in [-0.2, -0.15) is 0 Å². The summed E-state index contributed by atoms with van der Waals surface area (Å²) < 4.78 is 9.08. The van der Waals surface area contributed by atoms with Gasteiger partial charge in [-0.25, -0.2) is 0 Å². The van der Waals surface area contributed by atoms with Crippen LogP contribution in [0.4, 0.5) is 0 Å². The van der Waals surface area contributed by atoms with E-state index in [1.54, 1.807) is 0 Å². The molecule has 0 amide bonds. The molecule has 0 aliphatic carbocycles. The van der Waals surface area contributed by atoms with Crippen LogP contribution in [0.2, 0.25) is 0 Å². The van der Waals surface area contributed by atoms with Crippen LogP contribution in [0.1, 0.15) is 26.7 Å². The van der Waals surface area contributed by atoms with E-state index in [-0.39, 0.29) is 13.0 Å². The van der Waals surface area contributed by atoms with Crippen molar-refractivity contribution in [2.75, 3.05) is 13.2 Å². The quantitative estimate of drug-likeness (QED) is 0.462. The summed E-state index contributed by atoms with van der Waals surface area (Å²) in [5, 5.41) is 0. The first-order chi connectivity index (χ1) is 6.56. The molecule has 0 aliphatic heterocycles. The van der Waals surface area contributed by atoms with E-state index in [1.165, 1.54) is 6.92 Å². The third-order valence-corrected chi connectivity index (χ3v) is 1.25. The van der Waals surface area contributed by atoms with Crippen LogP contribution in [0, 0.1) is 0 Å². The molecule has 0 fully saturated rings. The van der Waals surface area contributed by atoms with Gasteiger partial charge >= 0.3 is 11.9 Å². The van der Waals surface area contributed by atoms with Gasteiger partial charge in [0.2, 0.25) is 0 Å². The largest absolute Gasteiger partial charge is 0.465 e. The molecule has 0 saturated heterocycles. The van der Waals surface area contributed by atoms with Crippen molar-refractivity contribution >= 4 is 17.7 Å². The third kappa shape index (κ3) is 7.27. The Balaban J connectivity index is 3.60. The first-order valence-corrected chi connectivity index (χ1v) is 4.37.